The maximum Gasteiger partial charge on any atom is 0.243 e. The van der Waals surface area contributed by atoms with Crippen LogP contribution >= 0.6 is 0 Å². The molecular formula is C24H29N3O4S. The van der Waals surface area contributed by atoms with E-state index >= 15 is 0 Å². The lowest BCUT2D eigenvalue weighted by molar-refractivity contribution is -0.122. The normalized spacial score (nSPS) is 20.8. The van der Waals surface area contributed by atoms with E-state index in [1.54, 1.807) is 44.0 Å². The second-order valence-corrected chi connectivity index (χ2v) is 11.2. The number of amides is 2. The highest BCUT2D eigenvalue weighted by atomic mass is 32.2. The first kappa shape index (κ1) is 22.5. The van der Waals surface area contributed by atoms with E-state index in [9.17, 15) is 18.0 Å². The van der Waals surface area contributed by atoms with Crippen molar-refractivity contribution in [2.24, 2.45) is 5.92 Å². The van der Waals surface area contributed by atoms with Gasteiger partial charge in [0.15, 0.2) is 0 Å². The summed E-state index contributed by atoms with van der Waals surface area (Å²) in [6, 6.07) is 12.4. The van der Waals surface area contributed by atoms with Gasteiger partial charge in [0.05, 0.1) is 16.2 Å². The molecule has 0 radical (unpaired) electrons. The van der Waals surface area contributed by atoms with E-state index in [2.05, 4.69) is 5.32 Å². The van der Waals surface area contributed by atoms with Crippen molar-refractivity contribution in [1.82, 2.24) is 4.31 Å². The molecule has 0 bridgehead atoms. The molecule has 2 amide bonds. The first-order valence-electron chi connectivity index (χ1n) is 10.8. The Bertz CT molecular complexity index is 1190. The summed E-state index contributed by atoms with van der Waals surface area (Å²) < 4.78 is 28.3. The second kappa shape index (κ2) is 8.01. The number of nitrogens with zero attached hydrogens (tertiary/aromatic N) is 2. The summed E-state index contributed by atoms with van der Waals surface area (Å²) in [5.41, 5.74) is 2.40. The van der Waals surface area contributed by atoms with Crippen molar-refractivity contribution in [2.45, 2.75) is 43.9 Å². The van der Waals surface area contributed by atoms with Gasteiger partial charge in [-0.2, -0.15) is 4.31 Å². The van der Waals surface area contributed by atoms with Gasteiger partial charge in [-0.3, -0.25) is 9.59 Å². The molecule has 1 N–H and O–H groups in total. The van der Waals surface area contributed by atoms with Crippen LogP contribution in [0.5, 0.6) is 0 Å². The Morgan fingerprint density at radius 1 is 1.16 bits per heavy atom. The monoisotopic (exact) mass is 455 g/mol. The quantitative estimate of drug-likeness (QED) is 0.767. The first-order valence-corrected chi connectivity index (χ1v) is 12.3. The Hall–Kier alpha value is -2.71. The van der Waals surface area contributed by atoms with Gasteiger partial charge in [0.2, 0.25) is 21.8 Å². The van der Waals surface area contributed by atoms with Crippen molar-refractivity contribution in [3.05, 3.63) is 53.6 Å². The molecule has 170 valence electrons. The van der Waals surface area contributed by atoms with E-state index < -0.39 is 21.4 Å². The minimum atomic E-state index is -3.79. The SMILES string of the molecule is Cc1cccc(NC(=O)C2CCCN(S(=O)(=O)c3ccc4c(c3)C(C)(C)C(=O)N4C)C2)c1. The number of nitrogens with one attached hydrogen (secondary N) is 1. The second-order valence-electron chi connectivity index (χ2n) is 9.23. The van der Waals surface area contributed by atoms with E-state index in [1.165, 1.54) is 4.31 Å². The maximum absolute atomic E-state index is 13.4. The highest BCUT2D eigenvalue weighted by Gasteiger charge is 2.43. The van der Waals surface area contributed by atoms with E-state index in [-0.39, 0.29) is 23.3 Å². The van der Waals surface area contributed by atoms with E-state index in [4.69, 9.17) is 0 Å². The highest BCUT2D eigenvalue weighted by molar-refractivity contribution is 7.89. The molecule has 0 aromatic heterocycles. The fourth-order valence-corrected chi connectivity index (χ4v) is 6.15. The number of piperidine rings is 1. The largest absolute Gasteiger partial charge is 0.326 e. The van der Waals surface area contributed by atoms with E-state index in [1.807, 2.05) is 31.2 Å². The first-order chi connectivity index (χ1) is 15.0. The molecule has 2 aliphatic heterocycles. The minimum Gasteiger partial charge on any atom is -0.326 e. The number of anilines is 2. The lowest BCUT2D eigenvalue weighted by Crippen LogP contribution is -2.43. The Labute approximate surface area is 189 Å². The Morgan fingerprint density at radius 3 is 2.62 bits per heavy atom. The number of hydrogen-bond donors (Lipinski definition) is 1. The van der Waals surface area contributed by atoms with Gasteiger partial charge in [-0.15, -0.1) is 0 Å². The third-order valence-electron chi connectivity index (χ3n) is 6.52. The summed E-state index contributed by atoms with van der Waals surface area (Å²) in [6.45, 7) is 6.07. The summed E-state index contributed by atoms with van der Waals surface area (Å²) in [6.07, 6.45) is 1.25. The predicted molar refractivity (Wildman–Crippen MR) is 124 cm³/mol. The number of sulfonamides is 1. The van der Waals surface area contributed by atoms with Gasteiger partial charge in [0, 0.05) is 31.5 Å². The smallest absolute Gasteiger partial charge is 0.243 e. The van der Waals surface area contributed by atoms with Gasteiger partial charge >= 0.3 is 0 Å². The number of carbonyl (C=O) groups is 2. The van der Waals surface area contributed by atoms with Crippen LogP contribution in [0, 0.1) is 12.8 Å². The highest BCUT2D eigenvalue weighted by Crippen LogP contribution is 2.42. The predicted octanol–water partition coefficient (Wildman–Crippen LogP) is 3.29. The number of fused-ring (bicyclic) bond motifs is 1. The molecule has 2 aromatic rings. The number of likely N-dealkylation sites (N-methyl/N-ethyl adjacent to an activating group) is 1. The molecule has 0 saturated carbocycles. The van der Waals surface area contributed by atoms with Crippen LogP contribution in [-0.2, 0) is 25.0 Å². The molecule has 2 aromatic carbocycles. The van der Waals surface area contributed by atoms with Crippen LogP contribution in [0.1, 0.15) is 37.8 Å². The molecule has 32 heavy (non-hydrogen) atoms. The lowest BCUT2D eigenvalue weighted by Gasteiger charge is -2.31. The number of rotatable bonds is 4. The summed E-state index contributed by atoms with van der Waals surface area (Å²) in [5.74, 6) is -0.650. The van der Waals surface area contributed by atoms with E-state index in [0.29, 0.717) is 30.6 Å². The Kier molecular flexibility index (Phi) is 5.63. The van der Waals surface area contributed by atoms with Crippen molar-refractivity contribution in [1.29, 1.82) is 0 Å². The number of benzene rings is 2. The standard InChI is InChI=1S/C24H29N3O4S/c1-16-7-5-9-18(13-16)25-22(28)17-8-6-12-27(15-17)32(30,31)19-10-11-21-20(14-19)24(2,3)23(29)26(21)4/h5,7,9-11,13-14,17H,6,8,12,15H2,1-4H3,(H,25,28). The van der Waals surface area contributed by atoms with Gasteiger partial charge in [-0.25, -0.2) is 8.42 Å². The van der Waals surface area contributed by atoms with Crippen LogP contribution in [0.3, 0.4) is 0 Å². The van der Waals surface area contributed by atoms with Crippen LogP contribution in [0.25, 0.3) is 0 Å². The Balaban J connectivity index is 1.55. The van der Waals surface area contributed by atoms with Crippen molar-refractivity contribution in [3.63, 3.8) is 0 Å². The van der Waals surface area contributed by atoms with Crippen LogP contribution in [-0.4, -0.2) is 44.7 Å². The molecule has 1 saturated heterocycles. The fraction of sp³-hybridized carbons (Fsp3) is 0.417. The van der Waals surface area contributed by atoms with Crippen molar-refractivity contribution >= 4 is 33.2 Å². The zero-order valence-electron chi connectivity index (χ0n) is 18.9. The third-order valence-corrected chi connectivity index (χ3v) is 8.38. The molecule has 1 unspecified atom stereocenters. The number of carbonyl (C=O) groups excluding carboxylic acids is 2. The molecule has 4 rings (SSSR count). The minimum absolute atomic E-state index is 0.0621. The summed E-state index contributed by atoms with van der Waals surface area (Å²) in [5, 5.41) is 2.92. The van der Waals surface area contributed by atoms with Gasteiger partial charge in [-0.1, -0.05) is 12.1 Å². The average Bonchev–Trinajstić information content (AvgIpc) is 2.94. The van der Waals surface area contributed by atoms with Crippen LogP contribution in [0.4, 0.5) is 11.4 Å². The van der Waals surface area contributed by atoms with Crippen LogP contribution < -0.4 is 10.2 Å². The molecular weight excluding hydrogens is 426 g/mol. The van der Waals surface area contributed by atoms with Crippen LogP contribution in [0.15, 0.2) is 47.4 Å². The summed E-state index contributed by atoms with van der Waals surface area (Å²) in [4.78, 5) is 27.1. The van der Waals surface area contributed by atoms with Gasteiger partial charge in [-0.05, 0) is 75.1 Å². The molecule has 1 fully saturated rings. The molecule has 1 atom stereocenters. The van der Waals surface area contributed by atoms with Gasteiger partial charge in [0.1, 0.15) is 0 Å². The molecule has 0 spiro atoms. The van der Waals surface area contributed by atoms with Crippen molar-refractivity contribution in [2.75, 3.05) is 30.4 Å². The van der Waals surface area contributed by atoms with Gasteiger partial charge in [0.25, 0.3) is 0 Å². The molecule has 8 heteroatoms. The van der Waals surface area contributed by atoms with Gasteiger partial charge < -0.3 is 10.2 Å². The molecule has 0 aliphatic carbocycles. The number of hydrogen-bond acceptors (Lipinski definition) is 4. The van der Waals surface area contributed by atoms with E-state index in [0.717, 1.165) is 11.3 Å². The summed E-state index contributed by atoms with van der Waals surface area (Å²) >= 11 is 0. The van der Waals surface area contributed by atoms with Crippen LogP contribution in [0.2, 0.25) is 0 Å². The lowest BCUT2D eigenvalue weighted by atomic mass is 9.86. The zero-order valence-corrected chi connectivity index (χ0v) is 19.7. The van der Waals surface area contributed by atoms with Crippen molar-refractivity contribution in [3.8, 4) is 0 Å². The van der Waals surface area contributed by atoms with Crippen molar-refractivity contribution < 1.29 is 18.0 Å². The number of aryl methyl sites for hydroxylation is 1. The average molecular weight is 456 g/mol. The zero-order chi connectivity index (χ0) is 23.3. The molecule has 7 nitrogen and oxygen atoms in total. The third kappa shape index (κ3) is 3.82. The topological polar surface area (TPSA) is 86.8 Å². The maximum atomic E-state index is 13.4. The summed E-state index contributed by atoms with van der Waals surface area (Å²) in [7, 11) is -2.09. The molecule has 2 aliphatic rings. The fourth-order valence-electron chi connectivity index (χ4n) is 4.60. The Morgan fingerprint density at radius 2 is 1.91 bits per heavy atom. The molecule has 2 heterocycles.